The maximum Gasteiger partial charge on any atom is 0.335 e. The largest absolute Gasteiger partial charge is 0.478 e. The van der Waals surface area contributed by atoms with E-state index in [-0.39, 0.29) is 17.5 Å². The summed E-state index contributed by atoms with van der Waals surface area (Å²) in [4.78, 5) is 24.0. The summed E-state index contributed by atoms with van der Waals surface area (Å²) in [5, 5.41) is 26.8. The highest BCUT2D eigenvalue weighted by atomic mass is 16.4. The highest BCUT2D eigenvalue weighted by Gasteiger charge is 2.13. The SMILES string of the molecule is Cc1ccc(-n2cnnn2)c(/C=C/C(=O)NC(CNc2ccc(C(=O)O)cc2)Cc2ccccc2)c1. The van der Waals surface area contributed by atoms with E-state index in [4.69, 9.17) is 5.11 Å². The van der Waals surface area contributed by atoms with Gasteiger partial charge in [0.1, 0.15) is 6.33 Å². The molecule has 0 saturated carbocycles. The Hall–Kier alpha value is -4.79. The van der Waals surface area contributed by atoms with Gasteiger partial charge in [0.05, 0.1) is 17.3 Å². The molecule has 0 radical (unpaired) electrons. The lowest BCUT2D eigenvalue weighted by molar-refractivity contribution is -0.117. The lowest BCUT2D eigenvalue weighted by Gasteiger charge is -2.19. The highest BCUT2D eigenvalue weighted by molar-refractivity contribution is 5.92. The predicted octanol–water partition coefficient (Wildman–Crippen LogP) is 3.52. The van der Waals surface area contributed by atoms with Crippen LogP contribution in [0.4, 0.5) is 5.69 Å². The van der Waals surface area contributed by atoms with Gasteiger partial charge >= 0.3 is 5.97 Å². The normalized spacial score (nSPS) is 11.8. The maximum atomic E-state index is 12.9. The summed E-state index contributed by atoms with van der Waals surface area (Å²) < 4.78 is 1.55. The summed E-state index contributed by atoms with van der Waals surface area (Å²) in [7, 11) is 0. The molecular weight excluding hydrogens is 456 g/mol. The molecule has 0 fully saturated rings. The van der Waals surface area contributed by atoms with Crippen LogP contribution in [-0.2, 0) is 11.2 Å². The topological polar surface area (TPSA) is 122 Å². The number of carbonyl (C=O) groups excluding carboxylic acids is 1. The molecule has 1 amide bonds. The molecule has 1 atom stereocenters. The number of amides is 1. The zero-order chi connectivity index (χ0) is 25.3. The van der Waals surface area contributed by atoms with Crippen molar-refractivity contribution in [1.29, 1.82) is 0 Å². The zero-order valence-electron chi connectivity index (χ0n) is 19.7. The van der Waals surface area contributed by atoms with Gasteiger partial charge in [0.25, 0.3) is 0 Å². The van der Waals surface area contributed by atoms with Crippen LogP contribution in [0.2, 0.25) is 0 Å². The van der Waals surface area contributed by atoms with Gasteiger partial charge in [-0.1, -0.05) is 42.0 Å². The number of hydrogen-bond acceptors (Lipinski definition) is 6. The highest BCUT2D eigenvalue weighted by Crippen LogP contribution is 2.17. The molecule has 9 nitrogen and oxygen atoms in total. The van der Waals surface area contributed by atoms with Gasteiger partial charge in [0, 0.05) is 23.9 Å². The Kier molecular flexibility index (Phi) is 7.82. The molecule has 3 N–H and O–H groups in total. The molecule has 4 aromatic rings. The average molecular weight is 483 g/mol. The molecule has 3 aromatic carbocycles. The van der Waals surface area contributed by atoms with E-state index < -0.39 is 5.97 Å². The minimum Gasteiger partial charge on any atom is -0.478 e. The smallest absolute Gasteiger partial charge is 0.335 e. The first kappa shape index (κ1) is 24.3. The minimum absolute atomic E-state index is 0.208. The Bertz CT molecular complexity index is 1340. The Morgan fingerprint density at radius 2 is 1.83 bits per heavy atom. The third-order valence-corrected chi connectivity index (χ3v) is 5.55. The first-order valence-electron chi connectivity index (χ1n) is 11.4. The van der Waals surface area contributed by atoms with Crippen LogP contribution >= 0.6 is 0 Å². The first-order chi connectivity index (χ1) is 17.5. The predicted molar refractivity (Wildman–Crippen MR) is 137 cm³/mol. The van der Waals surface area contributed by atoms with E-state index in [1.165, 1.54) is 12.4 Å². The van der Waals surface area contributed by atoms with Crippen molar-refractivity contribution in [2.24, 2.45) is 0 Å². The number of tetrazole rings is 1. The lowest BCUT2D eigenvalue weighted by atomic mass is 10.1. The van der Waals surface area contributed by atoms with Gasteiger partial charge in [-0.15, -0.1) is 5.10 Å². The molecular formula is C27H26N6O3. The van der Waals surface area contributed by atoms with Gasteiger partial charge in [-0.05, 0) is 71.8 Å². The summed E-state index contributed by atoms with van der Waals surface area (Å²) >= 11 is 0. The van der Waals surface area contributed by atoms with Crippen molar-refractivity contribution in [1.82, 2.24) is 25.5 Å². The van der Waals surface area contributed by atoms with Crippen molar-refractivity contribution in [3.63, 3.8) is 0 Å². The van der Waals surface area contributed by atoms with Crippen molar-refractivity contribution >= 4 is 23.6 Å². The molecule has 0 aliphatic carbocycles. The molecule has 1 unspecified atom stereocenters. The molecule has 0 aliphatic rings. The second-order valence-electron chi connectivity index (χ2n) is 8.31. The van der Waals surface area contributed by atoms with E-state index in [9.17, 15) is 9.59 Å². The van der Waals surface area contributed by atoms with Gasteiger partial charge in [0.2, 0.25) is 5.91 Å². The number of aromatic nitrogens is 4. The van der Waals surface area contributed by atoms with Crippen molar-refractivity contribution in [3.8, 4) is 5.69 Å². The maximum absolute atomic E-state index is 12.9. The molecule has 1 heterocycles. The lowest BCUT2D eigenvalue weighted by Crippen LogP contribution is -2.40. The van der Waals surface area contributed by atoms with E-state index in [0.717, 1.165) is 28.1 Å². The van der Waals surface area contributed by atoms with Crippen LogP contribution in [0.25, 0.3) is 11.8 Å². The Morgan fingerprint density at radius 1 is 1.06 bits per heavy atom. The van der Waals surface area contributed by atoms with Crippen LogP contribution in [0.3, 0.4) is 0 Å². The van der Waals surface area contributed by atoms with Gasteiger partial charge in [-0.3, -0.25) is 4.79 Å². The van der Waals surface area contributed by atoms with E-state index in [1.807, 2.05) is 55.5 Å². The Balaban J connectivity index is 1.46. The number of hydrogen-bond donors (Lipinski definition) is 3. The van der Waals surface area contributed by atoms with Gasteiger partial charge < -0.3 is 15.7 Å². The molecule has 36 heavy (non-hydrogen) atoms. The quantitative estimate of drug-likeness (QED) is 0.296. The fraction of sp³-hybridized carbons (Fsp3) is 0.148. The van der Waals surface area contributed by atoms with Gasteiger partial charge in [-0.25, -0.2) is 4.79 Å². The van der Waals surface area contributed by atoms with Gasteiger partial charge in [-0.2, -0.15) is 4.68 Å². The number of carboxylic acids is 1. The van der Waals surface area contributed by atoms with Crippen LogP contribution in [0, 0.1) is 6.92 Å². The van der Waals surface area contributed by atoms with Crippen LogP contribution in [0.5, 0.6) is 0 Å². The zero-order valence-corrected chi connectivity index (χ0v) is 19.7. The van der Waals surface area contributed by atoms with Crippen LogP contribution in [0.15, 0.2) is 85.2 Å². The molecule has 4 rings (SSSR count). The Morgan fingerprint density at radius 3 is 2.53 bits per heavy atom. The second kappa shape index (κ2) is 11.6. The number of aryl methyl sites for hydroxylation is 1. The number of carbonyl (C=O) groups is 2. The van der Waals surface area contributed by atoms with Crippen molar-refractivity contribution in [2.45, 2.75) is 19.4 Å². The van der Waals surface area contributed by atoms with Crippen LogP contribution < -0.4 is 10.6 Å². The van der Waals surface area contributed by atoms with E-state index in [1.54, 1.807) is 35.0 Å². The molecule has 9 heteroatoms. The fourth-order valence-corrected chi connectivity index (χ4v) is 3.75. The summed E-state index contributed by atoms with van der Waals surface area (Å²) in [5.41, 5.74) is 4.71. The standard InChI is InChI=1S/C27H26N6O3/c1-19-7-13-25(33-18-29-31-32-33)22(15-19)10-14-26(34)30-24(16-20-5-3-2-4-6-20)17-28-23-11-8-21(9-12-23)27(35)36/h2-15,18,24,28H,16-17H2,1H3,(H,30,34)(H,35,36)/b14-10+. The average Bonchev–Trinajstić information content (AvgIpc) is 3.42. The number of benzene rings is 3. The number of rotatable bonds is 10. The molecule has 0 saturated heterocycles. The number of nitrogens with one attached hydrogen (secondary N) is 2. The van der Waals surface area contributed by atoms with E-state index in [2.05, 4.69) is 26.2 Å². The van der Waals surface area contributed by atoms with Crippen LogP contribution in [0.1, 0.15) is 27.0 Å². The third kappa shape index (κ3) is 6.63. The molecule has 1 aromatic heterocycles. The number of anilines is 1. The van der Waals surface area contributed by atoms with E-state index >= 15 is 0 Å². The molecule has 0 aliphatic heterocycles. The van der Waals surface area contributed by atoms with Crippen LogP contribution in [-0.4, -0.2) is 49.8 Å². The fourth-order valence-electron chi connectivity index (χ4n) is 3.75. The minimum atomic E-state index is -0.973. The third-order valence-electron chi connectivity index (χ3n) is 5.55. The van der Waals surface area contributed by atoms with Crippen molar-refractivity contribution in [3.05, 3.63) is 107 Å². The summed E-state index contributed by atoms with van der Waals surface area (Å²) in [5.74, 6) is -1.21. The number of aromatic carboxylic acids is 1. The number of carboxylic acid groups (broad SMARTS) is 1. The van der Waals surface area contributed by atoms with E-state index in [0.29, 0.717) is 13.0 Å². The molecule has 182 valence electrons. The summed E-state index contributed by atoms with van der Waals surface area (Å²) in [6, 6.07) is 22.0. The summed E-state index contributed by atoms with van der Waals surface area (Å²) in [6.45, 7) is 2.44. The van der Waals surface area contributed by atoms with Crippen molar-refractivity contribution < 1.29 is 14.7 Å². The molecule has 0 bridgehead atoms. The van der Waals surface area contributed by atoms with Crippen molar-refractivity contribution in [2.75, 3.05) is 11.9 Å². The summed E-state index contributed by atoms with van der Waals surface area (Å²) in [6.07, 6.45) is 5.38. The van der Waals surface area contributed by atoms with Gasteiger partial charge in [0.15, 0.2) is 0 Å². The number of nitrogens with zero attached hydrogens (tertiary/aromatic N) is 4. The second-order valence-corrected chi connectivity index (χ2v) is 8.31. The monoisotopic (exact) mass is 482 g/mol. The molecule has 0 spiro atoms. The Labute approximate surface area is 208 Å². The first-order valence-corrected chi connectivity index (χ1v) is 11.4.